The lowest BCUT2D eigenvalue weighted by molar-refractivity contribution is 0.101. The number of anilines is 2. The van der Waals surface area contributed by atoms with Gasteiger partial charge < -0.3 is 5.32 Å². The maximum Gasteiger partial charge on any atom is 0.161 e. The predicted octanol–water partition coefficient (Wildman–Crippen LogP) is 4.25. The van der Waals surface area contributed by atoms with Crippen molar-refractivity contribution in [1.29, 1.82) is 0 Å². The predicted molar refractivity (Wildman–Crippen MR) is 75.6 cm³/mol. The molecule has 0 fully saturated rings. The second kappa shape index (κ2) is 5.05. The van der Waals surface area contributed by atoms with Gasteiger partial charge in [-0.25, -0.2) is 0 Å². The third-order valence-electron chi connectivity index (χ3n) is 3.09. The van der Waals surface area contributed by atoms with Crippen LogP contribution < -0.4 is 5.32 Å². The van der Waals surface area contributed by atoms with Crippen LogP contribution in [0.1, 0.15) is 28.4 Å². The summed E-state index contributed by atoms with van der Waals surface area (Å²) in [7, 11) is 0. The molecule has 0 saturated heterocycles. The second-order valence-corrected chi connectivity index (χ2v) is 4.53. The average Bonchev–Trinajstić information content (AvgIpc) is 2.34. The van der Waals surface area contributed by atoms with E-state index in [9.17, 15) is 4.79 Å². The van der Waals surface area contributed by atoms with E-state index >= 15 is 0 Å². The largest absolute Gasteiger partial charge is 0.355 e. The Balaban J connectivity index is 2.34. The first kappa shape index (κ1) is 12.4. The van der Waals surface area contributed by atoms with Gasteiger partial charge in [-0.05, 0) is 56.2 Å². The number of hydrogen-bond donors (Lipinski definition) is 1. The Kier molecular flexibility index (Phi) is 3.47. The fraction of sp³-hybridized carbons (Fsp3) is 0.188. The van der Waals surface area contributed by atoms with E-state index < -0.39 is 0 Å². The first-order valence-electron chi connectivity index (χ1n) is 6.02. The maximum absolute atomic E-state index is 11.5. The van der Waals surface area contributed by atoms with Crippen molar-refractivity contribution in [3.63, 3.8) is 0 Å². The molecule has 0 amide bonds. The molecule has 0 aliphatic rings. The van der Waals surface area contributed by atoms with Crippen LogP contribution in [0, 0.1) is 13.8 Å². The zero-order valence-electron chi connectivity index (χ0n) is 10.9. The number of rotatable bonds is 3. The molecule has 0 atom stereocenters. The molecule has 2 rings (SSSR count). The van der Waals surface area contributed by atoms with Crippen molar-refractivity contribution in [3.8, 4) is 0 Å². The van der Waals surface area contributed by atoms with Crippen molar-refractivity contribution < 1.29 is 4.79 Å². The van der Waals surface area contributed by atoms with E-state index in [0.29, 0.717) is 0 Å². The van der Waals surface area contributed by atoms with Gasteiger partial charge in [0.15, 0.2) is 5.78 Å². The Morgan fingerprint density at radius 3 is 2.39 bits per heavy atom. The standard InChI is InChI=1S/C16H17NO/c1-11-8-9-14(10-12(11)2)17-16-7-5-4-6-15(16)13(3)18/h4-10,17H,1-3H3. The summed E-state index contributed by atoms with van der Waals surface area (Å²) in [5.41, 5.74) is 5.08. The van der Waals surface area contributed by atoms with Gasteiger partial charge in [0, 0.05) is 16.9 Å². The monoisotopic (exact) mass is 239 g/mol. The number of benzene rings is 2. The molecular formula is C16H17NO. The van der Waals surface area contributed by atoms with Gasteiger partial charge in [0.2, 0.25) is 0 Å². The summed E-state index contributed by atoms with van der Waals surface area (Å²) < 4.78 is 0. The molecule has 2 heteroatoms. The van der Waals surface area contributed by atoms with E-state index in [1.165, 1.54) is 11.1 Å². The summed E-state index contributed by atoms with van der Waals surface area (Å²) in [6.07, 6.45) is 0. The number of carbonyl (C=O) groups is 1. The number of carbonyl (C=O) groups excluding carboxylic acids is 1. The average molecular weight is 239 g/mol. The van der Waals surface area contributed by atoms with Crippen LogP contribution in [0.15, 0.2) is 42.5 Å². The number of para-hydroxylation sites is 1. The lowest BCUT2D eigenvalue weighted by Gasteiger charge is -2.11. The molecular weight excluding hydrogens is 222 g/mol. The van der Waals surface area contributed by atoms with Crippen molar-refractivity contribution in [1.82, 2.24) is 0 Å². The van der Waals surface area contributed by atoms with Crippen LogP contribution >= 0.6 is 0 Å². The van der Waals surface area contributed by atoms with E-state index in [1.807, 2.05) is 30.3 Å². The first-order valence-corrected chi connectivity index (χ1v) is 6.02. The molecule has 2 aromatic rings. The molecule has 0 radical (unpaired) electrons. The minimum absolute atomic E-state index is 0.0712. The van der Waals surface area contributed by atoms with Gasteiger partial charge in [-0.2, -0.15) is 0 Å². The van der Waals surface area contributed by atoms with E-state index in [2.05, 4.69) is 31.3 Å². The normalized spacial score (nSPS) is 10.2. The molecule has 0 unspecified atom stereocenters. The van der Waals surface area contributed by atoms with E-state index in [-0.39, 0.29) is 5.78 Å². The third kappa shape index (κ3) is 2.59. The van der Waals surface area contributed by atoms with Gasteiger partial charge in [0.25, 0.3) is 0 Å². The summed E-state index contributed by atoms with van der Waals surface area (Å²) in [6.45, 7) is 5.75. The lowest BCUT2D eigenvalue weighted by atomic mass is 10.1. The van der Waals surface area contributed by atoms with Gasteiger partial charge in [-0.15, -0.1) is 0 Å². The van der Waals surface area contributed by atoms with Crippen LogP contribution in [0.25, 0.3) is 0 Å². The minimum atomic E-state index is 0.0712. The molecule has 2 nitrogen and oxygen atoms in total. The molecule has 0 aliphatic heterocycles. The highest BCUT2D eigenvalue weighted by atomic mass is 16.1. The van der Waals surface area contributed by atoms with Gasteiger partial charge in [0.1, 0.15) is 0 Å². The molecule has 0 aromatic heterocycles. The lowest BCUT2D eigenvalue weighted by Crippen LogP contribution is -2.00. The third-order valence-corrected chi connectivity index (χ3v) is 3.09. The molecule has 18 heavy (non-hydrogen) atoms. The molecule has 0 heterocycles. The molecule has 1 N–H and O–H groups in total. The number of nitrogens with one attached hydrogen (secondary N) is 1. The van der Waals surface area contributed by atoms with E-state index in [0.717, 1.165) is 16.9 Å². The SMILES string of the molecule is CC(=O)c1ccccc1Nc1ccc(C)c(C)c1. The van der Waals surface area contributed by atoms with Crippen LogP contribution in [0.5, 0.6) is 0 Å². The van der Waals surface area contributed by atoms with Crippen LogP contribution in [0.3, 0.4) is 0 Å². The summed E-state index contributed by atoms with van der Waals surface area (Å²) in [5, 5.41) is 3.30. The highest BCUT2D eigenvalue weighted by Gasteiger charge is 2.06. The van der Waals surface area contributed by atoms with Gasteiger partial charge in [-0.1, -0.05) is 18.2 Å². The fourth-order valence-corrected chi connectivity index (χ4v) is 1.87. The Morgan fingerprint density at radius 2 is 1.72 bits per heavy atom. The van der Waals surface area contributed by atoms with Gasteiger partial charge >= 0.3 is 0 Å². The zero-order valence-corrected chi connectivity index (χ0v) is 10.9. The van der Waals surface area contributed by atoms with Crippen molar-refractivity contribution in [3.05, 3.63) is 59.2 Å². The quantitative estimate of drug-likeness (QED) is 0.811. The van der Waals surface area contributed by atoms with Crippen LogP contribution in [0.4, 0.5) is 11.4 Å². The number of aryl methyl sites for hydroxylation is 2. The number of Topliss-reactive ketones (excluding diaryl/α,β-unsaturated/α-hetero) is 1. The van der Waals surface area contributed by atoms with E-state index in [4.69, 9.17) is 0 Å². The maximum atomic E-state index is 11.5. The van der Waals surface area contributed by atoms with Crippen LogP contribution in [-0.4, -0.2) is 5.78 Å². The highest BCUT2D eigenvalue weighted by molar-refractivity contribution is 6.00. The summed E-state index contributed by atoms with van der Waals surface area (Å²) in [4.78, 5) is 11.5. The molecule has 92 valence electrons. The van der Waals surface area contributed by atoms with Gasteiger partial charge in [0.05, 0.1) is 0 Å². The Labute approximate surface area is 108 Å². The smallest absolute Gasteiger partial charge is 0.161 e. The summed E-state index contributed by atoms with van der Waals surface area (Å²) >= 11 is 0. The topological polar surface area (TPSA) is 29.1 Å². The minimum Gasteiger partial charge on any atom is -0.355 e. The Morgan fingerprint density at radius 1 is 1.00 bits per heavy atom. The molecule has 0 saturated carbocycles. The second-order valence-electron chi connectivity index (χ2n) is 4.53. The zero-order chi connectivity index (χ0) is 13.1. The molecule has 0 spiro atoms. The first-order chi connectivity index (χ1) is 8.58. The van der Waals surface area contributed by atoms with Crippen molar-refractivity contribution in [2.75, 3.05) is 5.32 Å². The molecule has 0 aliphatic carbocycles. The number of hydrogen-bond acceptors (Lipinski definition) is 2. The fourth-order valence-electron chi connectivity index (χ4n) is 1.87. The van der Waals surface area contributed by atoms with Crippen LogP contribution in [0.2, 0.25) is 0 Å². The number of ketones is 1. The van der Waals surface area contributed by atoms with Crippen LogP contribution in [-0.2, 0) is 0 Å². The van der Waals surface area contributed by atoms with E-state index in [1.54, 1.807) is 6.92 Å². The Hall–Kier alpha value is -2.09. The van der Waals surface area contributed by atoms with Crippen molar-refractivity contribution >= 4 is 17.2 Å². The molecule has 0 bridgehead atoms. The molecule has 2 aromatic carbocycles. The van der Waals surface area contributed by atoms with Gasteiger partial charge in [-0.3, -0.25) is 4.79 Å². The highest BCUT2D eigenvalue weighted by Crippen LogP contribution is 2.22. The Bertz CT molecular complexity index is 587. The van der Waals surface area contributed by atoms with Crippen molar-refractivity contribution in [2.45, 2.75) is 20.8 Å². The summed E-state index contributed by atoms with van der Waals surface area (Å²) in [6, 6.07) is 13.8. The summed E-state index contributed by atoms with van der Waals surface area (Å²) in [5.74, 6) is 0.0712. The van der Waals surface area contributed by atoms with Crippen molar-refractivity contribution in [2.24, 2.45) is 0 Å².